The van der Waals surface area contributed by atoms with E-state index in [0.717, 1.165) is 5.92 Å². The third-order valence-electron chi connectivity index (χ3n) is 2.41. The lowest BCUT2D eigenvalue weighted by molar-refractivity contribution is 0.251. The van der Waals surface area contributed by atoms with E-state index >= 15 is 0 Å². The van der Waals surface area contributed by atoms with Gasteiger partial charge in [0.1, 0.15) is 0 Å². The van der Waals surface area contributed by atoms with Crippen molar-refractivity contribution in [2.24, 2.45) is 5.92 Å². The zero-order chi connectivity index (χ0) is 7.68. The summed E-state index contributed by atoms with van der Waals surface area (Å²) in [5.41, 5.74) is 1.19. The van der Waals surface area contributed by atoms with Crippen molar-refractivity contribution in [3.63, 3.8) is 0 Å². The van der Waals surface area contributed by atoms with Crippen molar-refractivity contribution in [2.45, 2.75) is 18.8 Å². The summed E-state index contributed by atoms with van der Waals surface area (Å²) in [6.07, 6.45) is 4.48. The average molecular weight is 151 g/mol. The molecule has 0 aliphatic heterocycles. The SMILES string of the molecule is OCC(c1ccc[nH]1)C1CC1. The predicted octanol–water partition coefficient (Wildman–Crippen LogP) is 1.50. The Labute approximate surface area is 66.3 Å². The van der Waals surface area contributed by atoms with Gasteiger partial charge in [-0.3, -0.25) is 0 Å². The van der Waals surface area contributed by atoms with Gasteiger partial charge in [0.15, 0.2) is 0 Å². The molecule has 1 aliphatic carbocycles. The molecule has 0 bridgehead atoms. The van der Waals surface area contributed by atoms with Crippen LogP contribution in [0, 0.1) is 5.92 Å². The number of rotatable bonds is 3. The van der Waals surface area contributed by atoms with Crippen LogP contribution in [-0.4, -0.2) is 16.7 Å². The molecule has 2 nitrogen and oxygen atoms in total. The quantitative estimate of drug-likeness (QED) is 0.674. The topological polar surface area (TPSA) is 36.0 Å². The zero-order valence-corrected chi connectivity index (χ0v) is 6.46. The van der Waals surface area contributed by atoms with Gasteiger partial charge in [-0.05, 0) is 30.9 Å². The molecule has 11 heavy (non-hydrogen) atoms. The van der Waals surface area contributed by atoms with Gasteiger partial charge in [0.25, 0.3) is 0 Å². The number of aromatic nitrogens is 1. The highest BCUT2D eigenvalue weighted by molar-refractivity contribution is 5.13. The average Bonchev–Trinajstić information content (AvgIpc) is 2.68. The largest absolute Gasteiger partial charge is 0.396 e. The molecule has 1 aromatic heterocycles. The second-order valence-electron chi connectivity index (χ2n) is 3.25. The molecule has 1 aromatic rings. The summed E-state index contributed by atoms with van der Waals surface area (Å²) < 4.78 is 0. The Bertz CT molecular complexity index is 213. The van der Waals surface area contributed by atoms with E-state index in [9.17, 15) is 0 Å². The maximum absolute atomic E-state index is 9.09. The van der Waals surface area contributed by atoms with Crippen LogP contribution in [0.3, 0.4) is 0 Å². The van der Waals surface area contributed by atoms with E-state index in [1.807, 2.05) is 12.3 Å². The highest BCUT2D eigenvalue weighted by Gasteiger charge is 2.31. The van der Waals surface area contributed by atoms with Crippen LogP contribution in [0.25, 0.3) is 0 Å². The van der Waals surface area contributed by atoms with Gasteiger partial charge in [-0.15, -0.1) is 0 Å². The standard InChI is InChI=1S/C9H13NO/c11-6-8(7-3-4-7)9-2-1-5-10-9/h1-2,5,7-8,10-11H,3-4,6H2. The molecule has 0 spiro atoms. The Kier molecular flexibility index (Phi) is 1.70. The molecule has 1 fully saturated rings. The summed E-state index contributed by atoms with van der Waals surface area (Å²) in [6, 6.07) is 4.04. The summed E-state index contributed by atoms with van der Waals surface area (Å²) in [7, 11) is 0. The van der Waals surface area contributed by atoms with Gasteiger partial charge in [-0.1, -0.05) is 0 Å². The molecule has 1 aliphatic rings. The molecular weight excluding hydrogens is 138 g/mol. The Hall–Kier alpha value is -0.760. The predicted molar refractivity (Wildman–Crippen MR) is 43.3 cm³/mol. The normalized spacial score (nSPS) is 20.1. The minimum Gasteiger partial charge on any atom is -0.396 e. The minimum atomic E-state index is 0.283. The number of H-pyrrole nitrogens is 1. The molecule has 0 amide bonds. The molecule has 60 valence electrons. The van der Waals surface area contributed by atoms with E-state index < -0.39 is 0 Å². The lowest BCUT2D eigenvalue weighted by Gasteiger charge is -2.09. The Morgan fingerprint density at radius 3 is 2.91 bits per heavy atom. The maximum Gasteiger partial charge on any atom is 0.0516 e. The van der Waals surface area contributed by atoms with Crippen molar-refractivity contribution in [2.75, 3.05) is 6.61 Å². The van der Waals surface area contributed by atoms with E-state index in [-0.39, 0.29) is 6.61 Å². The first-order valence-corrected chi connectivity index (χ1v) is 4.16. The van der Waals surface area contributed by atoms with Gasteiger partial charge in [0, 0.05) is 17.8 Å². The van der Waals surface area contributed by atoms with Crippen LogP contribution in [0.15, 0.2) is 18.3 Å². The second-order valence-corrected chi connectivity index (χ2v) is 3.25. The molecule has 0 saturated heterocycles. The van der Waals surface area contributed by atoms with Crippen LogP contribution in [-0.2, 0) is 0 Å². The van der Waals surface area contributed by atoms with Crippen LogP contribution in [0.4, 0.5) is 0 Å². The van der Waals surface area contributed by atoms with Crippen LogP contribution in [0.5, 0.6) is 0 Å². The number of hydrogen-bond acceptors (Lipinski definition) is 1. The van der Waals surface area contributed by atoms with E-state index in [1.54, 1.807) is 0 Å². The third-order valence-corrected chi connectivity index (χ3v) is 2.41. The summed E-state index contributed by atoms with van der Waals surface area (Å²) >= 11 is 0. The van der Waals surface area contributed by atoms with Crippen LogP contribution >= 0.6 is 0 Å². The second kappa shape index (κ2) is 2.70. The number of aromatic amines is 1. The molecule has 1 unspecified atom stereocenters. The minimum absolute atomic E-state index is 0.283. The van der Waals surface area contributed by atoms with Crippen molar-refractivity contribution < 1.29 is 5.11 Å². The molecule has 2 heteroatoms. The first-order chi connectivity index (χ1) is 5.42. The van der Waals surface area contributed by atoms with Crippen molar-refractivity contribution in [3.05, 3.63) is 24.0 Å². The number of nitrogens with one attached hydrogen (secondary N) is 1. The zero-order valence-electron chi connectivity index (χ0n) is 6.46. The van der Waals surface area contributed by atoms with Crippen molar-refractivity contribution in [1.29, 1.82) is 0 Å². The Balaban J connectivity index is 2.11. The Morgan fingerprint density at radius 1 is 1.64 bits per heavy atom. The van der Waals surface area contributed by atoms with E-state index in [1.165, 1.54) is 18.5 Å². The lowest BCUT2D eigenvalue weighted by Crippen LogP contribution is -2.06. The molecule has 2 N–H and O–H groups in total. The first-order valence-electron chi connectivity index (χ1n) is 4.16. The van der Waals surface area contributed by atoms with E-state index in [0.29, 0.717) is 5.92 Å². The highest BCUT2D eigenvalue weighted by Crippen LogP contribution is 2.41. The van der Waals surface area contributed by atoms with Crippen molar-refractivity contribution in [1.82, 2.24) is 4.98 Å². The van der Waals surface area contributed by atoms with Gasteiger partial charge < -0.3 is 10.1 Å². The van der Waals surface area contributed by atoms with Gasteiger partial charge in [0.05, 0.1) is 6.61 Å². The number of aliphatic hydroxyl groups excluding tert-OH is 1. The molecule has 2 rings (SSSR count). The monoisotopic (exact) mass is 151 g/mol. The van der Waals surface area contributed by atoms with Gasteiger partial charge in [-0.2, -0.15) is 0 Å². The van der Waals surface area contributed by atoms with Crippen LogP contribution in [0.1, 0.15) is 24.5 Å². The smallest absolute Gasteiger partial charge is 0.0516 e. The highest BCUT2D eigenvalue weighted by atomic mass is 16.3. The number of hydrogen-bond donors (Lipinski definition) is 2. The first kappa shape index (κ1) is 6.92. The summed E-state index contributed by atoms with van der Waals surface area (Å²) in [4.78, 5) is 3.15. The fourth-order valence-corrected chi connectivity index (χ4v) is 1.57. The Morgan fingerprint density at radius 2 is 2.45 bits per heavy atom. The fraction of sp³-hybridized carbons (Fsp3) is 0.556. The molecular formula is C9H13NO. The van der Waals surface area contributed by atoms with Crippen molar-refractivity contribution >= 4 is 0 Å². The lowest BCUT2D eigenvalue weighted by atomic mass is 10.0. The van der Waals surface area contributed by atoms with E-state index in [2.05, 4.69) is 11.1 Å². The summed E-state index contributed by atoms with van der Waals surface area (Å²) in [5, 5.41) is 9.09. The van der Waals surface area contributed by atoms with Crippen molar-refractivity contribution in [3.8, 4) is 0 Å². The van der Waals surface area contributed by atoms with Crippen LogP contribution in [0.2, 0.25) is 0 Å². The van der Waals surface area contributed by atoms with Gasteiger partial charge in [0.2, 0.25) is 0 Å². The fourth-order valence-electron chi connectivity index (χ4n) is 1.57. The van der Waals surface area contributed by atoms with Gasteiger partial charge in [-0.25, -0.2) is 0 Å². The number of aliphatic hydroxyl groups is 1. The molecule has 1 saturated carbocycles. The molecule has 0 aromatic carbocycles. The van der Waals surface area contributed by atoms with Gasteiger partial charge >= 0.3 is 0 Å². The summed E-state index contributed by atoms with van der Waals surface area (Å²) in [6.45, 7) is 0.283. The molecule has 1 atom stereocenters. The van der Waals surface area contributed by atoms with Crippen LogP contribution < -0.4 is 0 Å². The van der Waals surface area contributed by atoms with E-state index in [4.69, 9.17) is 5.11 Å². The molecule has 1 heterocycles. The maximum atomic E-state index is 9.09. The molecule has 0 radical (unpaired) electrons. The summed E-state index contributed by atoms with van der Waals surface area (Å²) in [5.74, 6) is 1.10. The third kappa shape index (κ3) is 1.31.